The highest BCUT2D eigenvalue weighted by Gasteiger charge is 2.18. The Morgan fingerprint density at radius 1 is 1.04 bits per heavy atom. The first-order valence-corrected chi connectivity index (χ1v) is 8.77. The summed E-state index contributed by atoms with van der Waals surface area (Å²) in [4.78, 5) is 14.9. The molecule has 3 rings (SSSR count). The first kappa shape index (κ1) is 17.7. The molecule has 0 fully saturated rings. The molecule has 132 valence electrons. The zero-order valence-corrected chi connectivity index (χ0v) is 15.2. The molecule has 0 saturated heterocycles. The van der Waals surface area contributed by atoms with E-state index in [0.717, 1.165) is 23.4 Å². The Labute approximate surface area is 154 Å². The number of hydrogen-bond donors (Lipinski definition) is 0. The standard InChI is InChI=1S/C22H23N3O/c1-3-25-20(14-15-23-25)17-24(2)22(26)21(19-12-8-5-9-13-19)16-18-10-6-4-7-11-18/h4-16H,3,17H2,1-2H3/b21-16-. The van der Waals surface area contributed by atoms with Crippen molar-refractivity contribution in [1.29, 1.82) is 0 Å². The van der Waals surface area contributed by atoms with Crippen LogP contribution in [0.1, 0.15) is 23.7 Å². The van der Waals surface area contributed by atoms with Gasteiger partial charge in [-0.2, -0.15) is 5.10 Å². The smallest absolute Gasteiger partial charge is 0.254 e. The number of rotatable bonds is 6. The molecule has 0 aliphatic heterocycles. The highest BCUT2D eigenvalue weighted by atomic mass is 16.2. The fourth-order valence-corrected chi connectivity index (χ4v) is 2.90. The molecule has 1 amide bonds. The molecule has 1 aromatic heterocycles. The van der Waals surface area contributed by atoms with Crippen molar-refractivity contribution in [2.75, 3.05) is 7.05 Å². The predicted octanol–water partition coefficient (Wildman–Crippen LogP) is 4.10. The second-order valence-electron chi connectivity index (χ2n) is 6.13. The fraction of sp³-hybridized carbons (Fsp3) is 0.182. The maximum atomic E-state index is 13.2. The van der Waals surface area contributed by atoms with Crippen molar-refractivity contribution in [3.63, 3.8) is 0 Å². The predicted molar refractivity (Wildman–Crippen MR) is 105 cm³/mol. The van der Waals surface area contributed by atoms with Crippen molar-refractivity contribution in [2.24, 2.45) is 0 Å². The minimum atomic E-state index is -0.0103. The maximum absolute atomic E-state index is 13.2. The lowest BCUT2D eigenvalue weighted by Gasteiger charge is -2.20. The van der Waals surface area contributed by atoms with Gasteiger partial charge in [-0.25, -0.2) is 0 Å². The Kier molecular flexibility index (Phi) is 5.64. The van der Waals surface area contributed by atoms with Crippen molar-refractivity contribution in [3.8, 4) is 0 Å². The third kappa shape index (κ3) is 4.09. The second-order valence-corrected chi connectivity index (χ2v) is 6.13. The van der Waals surface area contributed by atoms with E-state index in [1.165, 1.54) is 0 Å². The van der Waals surface area contributed by atoms with Crippen LogP contribution in [0.25, 0.3) is 11.6 Å². The molecule has 0 atom stereocenters. The van der Waals surface area contributed by atoms with E-state index in [0.29, 0.717) is 12.1 Å². The van der Waals surface area contributed by atoms with Gasteiger partial charge >= 0.3 is 0 Å². The van der Waals surface area contributed by atoms with Gasteiger partial charge in [0.2, 0.25) is 0 Å². The third-order valence-corrected chi connectivity index (χ3v) is 4.28. The van der Waals surface area contributed by atoms with Crippen LogP contribution in [-0.2, 0) is 17.9 Å². The van der Waals surface area contributed by atoms with Crippen molar-refractivity contribution < 1.29 is 4.79 Å². The molecule has 0 unspecified atom stereocenters. The molecule has 4 nitrogen and oxygen atoms in total. The molecule has 0 aliphatic rings. The SMILES string of the molecule is CCn1nccc1CN(C)C(=O)/C(=C\c1ccccc1)c1ccccc1. The highest BCUT2D eigenvalue weighted by Crippen LogP contribution is 2.21. The average molecular weight is 345 g/mol. The van der Waals surface area contributed by atoms with Crippen LogP contribution in [0.4, 0.5) is 0 Å². The Bertz CT molecular complexity index is 882. The summed E-state index contributed by atoms with van der Waals surface area (Å²) in [5, 5.41) is 4.28. The van der Waals surface area contributed by atoms with Crippen LogP contribution in [0, 0.1) is 0 Å². The van der Waals surface area contributed by atoms with Crippen molar-refractivity contribution in [1.82, 2.24) is 14.7 Å². The van der Waals surface area contributed by atoms with Gasteiger partial charge in [-0.3, -0.25) is 9.48 Å². The summed E-state index contributed by atoms with van der Waals surface area (Å²) in [7, 11) is 1.83. The molecule has 0 saturated carbocycles. The lowest BCUT2D eigenvalue weighted by atomic mass is 10.0. The third-order valence-electron chi connectivity index (χ3n) is 4.28. The monoisotopic (exact) mass is 345 g/mol. The number of nitrogens with zero attached hydrogens (tertiary/aromatic N) is 3. The van der Waals surface area contributed by atoms with Gasteiger partial charge in [-0.05, 0) is 30.2 Å². The number of aryl methyl sites for hydroxylation is 1. The van der Waals surface area contributed by atoms with Gasteiger partial charge in [-0.1, -0.05) is 60.7 Å². The van der Waals surface area contributed by atoms with E-state index in [4.69, 9.17) is 0 Å². The quantitative estimate of drug-likeness (QED) is 0.498. The Hall–Kier alpha value is -3.14. The normalized spacial score (nSPS) is 11.4. The zero-order chi connectivity index (χ0) is 18.4. The molecule has 2 aromatic carbocycles. The molecule has 1 heterocycles. The Morgan fingerprint density at radius 3 is 2.35 bits per heavy atom. The first-order valence-electron chi connectivity index (χ1n) is 8.77. The number of hydrogen-bond acceptors (Lipinski definition) is 2. The van der Waals surface area contributed by atoms with Crippen LogP contribution in [-0.4, -0.2) is 27.6 Å². The molecular formula is C22H23N3O. The number of amides is 1. The minimum Gasteiger partial charge on any atom is -0.336 e. The summed E-state index contributed by atoms with van der Waals surface area (Å²) in [5.41, 5.74) is 3.63. The van der Waals surface area contributed by atoms with Crippen molar-refractivity contribution in [3.05, 3.63) is 89.7 Å². The second kappa shape index (κ2) is 8.30. The molecule has 0 N–H and O–H groups in total. The van der Waals surface area contributed by atoms with Crippen LogP contribution in [0.2, 0.25) is 0 Å². The molecular weight excluding hydrogens is 322 g/mol. The summed E-state index contributed by atoms with van der Waals surface area (Å²) >= 11 is 0. The Balaban J connectivity index is 1.91. The summed E-state index contributed by atoms with van der Waals surface area (Å²) in [6.45, 7) is 3.35. The van der Waals surface area contributed by atoms with Gasteiger partial charge < -0.3 is 4.90 Å². The molecule has 0 radical (unpaired) electrons. The van der Waals surface area contributed by atoms with Crippen LogP contribution in [0.15, 0.2) is 72.9 Å². The minimum absolute atomic E-state index is 0.0103. The summed E-state index contributed by atoms with van der Waals surface area (Å²) in [6.07, 6.45) is 3.72. The fourth-order valence-electron chi connectivity index (χ4n) is 2.90. The highest BCUT2D eigenvalue weighted by molar-refractivity contribution is 6.24. The van der Waals surface area contributed by atoms with Crippen LogP contribution >= 0.6 is 0 Å². The van der Waals surface area contributed by atoms with E-state index in [1.807, 2.05) is 91.5 Å². The number of aromatic nitrogens is 2. The van der Waals surface area contributed by atoms with E-state index in [-0.39, 0.29) is 5.91 Å². The lowest BCUT2D eigenvalue weighted by Crippen LogP contribution is -2.28. The van der Waals surface area contributed by atoms with Gasteiger partial charge in [0.25, 0.3) is 5.91 Å². The lowest BCUT2D eigenvalue weighted by molar-refractivity contribution is -0.124. The number of likely N-dealkylation sites (N-methyl/N-ethyl adjacent to an activating group) is 1. The van der Waals surface area contributed by atoms with Gasteiger partial charge in [0, 0.05) is 25.4 Å². The summed E-state index contributed by atoms with van der Waals surface area (Å²) in [5.74, 6) is -0.0103. The van der Waals surface area contributed by atoms with Crippen LogP contribution in [0.3, 0.4) is 0 Å². The topological polar surface area (TPSA) is 38.1 Å². The van der Waals surface area contributed by atoms with E-state index < -0.39 is 0 Å². The molecule has 26 heavy (non-hydrogen) atoms. The van der Waals surface area contributed by atoms with Gasteiger partial charge in [-0.15, -0.1) is 0 Å². The molecule has 0 spiro atoms. The van der Waals surface area contributed by atoms with Crippen LogP contribution < -0.4 is 0 Å². The van der Waals surface area contributed by atoms with E-state index >= 15 is 0 Å². The van der Waals surface area contributed by atoms with E-state index in [9.17, 15) is 4.79 Å². The zero-order valence-electron chi connectivity index (χ0n) is 15.2. The number of benzene rings is 2. The molecule has 0 bridgehead atoms. The van der Waals surface area contributed by atoms with Crippen molar-refractivity contribution in [2.45, 2.75) is 20.0 Å². The molecule has 0 aliphatic carbocycles. The van der Waals surface area contributed by atoms with E-state index in [1.54, 1.807) is 11.1 Å². The van der Waals surface area contributed by atoms with Gasteiger partial charge in [0.1, 0.15) is 0 Å². The van der Waals surface area contributed by atoms with E-state index in [2.05, 4.69) is 5.10 Å². The molecule has 4 heteroatoms. The first-order chi connectivity index (χ1) is 12.7. The summed E-state index contributed by atoms with van der Waals surface area (Å²) in [6, 6.07) is 21.7. The van der Waals surface area contributed by atoms with Gasteiger partial charge in [0.05, 0.1) is 12.2 Å². The van der Waals surface area contributed by atoms with Crippen LogP contribution in [0.5, 0.6) is 0 Å². The van der Waals surface area contributed by atoms with Gasteiger partial charge in [0.15, 0.2) is 0 Å². The number of carbonyl (C=O) groups excluding carboxylic acids is 1. The maximum Gasteiger partial charge on any atom is 0.254 e. The number of carbonyl (C=O) groups is 1. The van der Waals surface area contributed by atoms with Crippen molar-refractivity contribution >= 4 is 17.6 Å². The molecule has 3 aromatic rings. The largest absolute Gasteiger partial charge is 0.336 e. The average Bonchev–Trinajstić information content (AvgIpc) is 3.14. The Morgan fingerprint density at radius 2 is 1.69 bits per heavy atom. The summed E-state index contributed by atoms with van der Waals surface area (Å²) < 4.78 is 1.91.